The summed E-state index contributed by atoms with van der Waals surface area (Å²) in [6, 6.07) is 3.45. The van der Waals surface area contributed by atoms with Gasteiger partial charge in [0.05, 0.1) is 15.8 Å². The van der Waals surface area contributed by atoms with Gasteiger partial charge in [-0.2, -0.15) is 0 Å². The summed E-state index contributed by atoms with van der Waals surface area (Å²) in [5.74, 6) is -0.0823. The summed E-state index contributed by atoms with van der Waals surface area (Å²) in [4.78, 5) is 12.3. The first kappa shape index (κ1) is 13.5. The Balaban J connectivity index is 2.47. The predicted octanol–water partition coefficient (Wildman–Crippen LogP) is 2.80. The first-order chi connectivity index (χ1) is 7.44. The molecule has 1 amide bonds. The molecule has 1 heterocycles. The Hall–Kier alpha value is -0.580. The fraction of sp³-hybridized carbons (Fsp3) is 0.545. The summed E-state index contributed by atoms with van der Waals surface area (Å²) in [7, 11) is 1.66. The summed E-state index contributed by atoms with van der Waals surface area (Å²) in [5, 5.41) is 2.87. The third kappa shape index (κ3) is 4.12. The van der Waals surface area contributed by atoms with E-state index in [9.17, 15) is 4.79 Å². The van der Waals surface area contributed by atoms with Crippen LogP contribution in [0.25, 0.3) is 0 Å². The third-order valence-corrected chi connectivity index (χ3v) is 3.29. The molecule has 1 aromatic heterocycles. The van der Waals surface area contributed by atoms with Crippen molar-refractivity contribution in [1.82, 2.24) is 5.32 Å². The van der Waals surface area contributed by atoms with Gasteiger partial charge in [0.15, 0.2) is 0 Å². The predicted molar refractivity (Wildman–Crippen MR) is 67.3 cm³/mol. The standard InChI is InChI=1S/C11H16ClNO2S/c1-11(2,7-15-3)6-13-10(14)8-4-5-9(12)16-8/h4-5H,6-7H2,1-3H3,(H,13,14). The van der Waals surface area contributed by atoms with Crippen LogP contribution in [0.15, 0.2) is 12.1 Å². The number of hydrogen-bond donors (Lipinski definition) is 1. The number of thiophene rings is 1. The lowest BCUT2D eigenvalue weighted by atomic mass is 9.95. The van der Waals surface area contributed by atoms with Crippen LogP contribution in [-0.2, 0) is 4.74 Å². The number of amides is 1. The Morgan fingerprint density at radius 1 is 1.56 bits per heavy atom. The molecule has 5 heteroatoms. The van der Waals surface area contributed by atoms with E-state index in [1.807, 2.05) is 13.8 Å². The molecule has 1 N–H and O–H groups in total. The fourth-order valence-electron chi connectivity index (χ4n) is 1.28. The number of methoxy groups -OCH3 is 1. The van der Waals surface area contributed by atoms with E-state index in [0.717, 1.165) is 0 Å². The highest BCUT2D eigenvalue weighted by Gasteiger charge is 2.19. The smallest absolute Gasteiger partial charge is 0.261 e. The van der Waals surface area contributed by atoms with Crippen LogP contribution < -0.4 is 5.32 Å². The zero-order chi connectivity index (χ0) is 12.2. The Morgan fingerprint density at radius 2 is 2.25 bits per heavy atom. The van der Waals surface area contributed by atoms with Crippen LogP contribution in [0, 0.1) is 5.41 Å². The molecule has 0 atom stereocenters. The molecule has 0 aliphatic heterocycles. The second-order valence-corrected chi connectivity index (χ2v) is 6.10. The maximum atomic E-state index is 11.7. The van der Waals surface area contributed by atoms with Crippen LogP contribution in [0.1, 0.15) is 23.5 Å². The van der Waals surface area contributed by atoms with Crippen LogP contribution in [0.2, 0.25) is 4.34 Å². The quantitative estimate of drug-likeness (QED) is 0.885. The van der Waals surface area contributed by atoms with E-state index in [4.69, 9.17) is 16.3 Å². The SMILES string of the molecule is COCC(C)(C)CNC(=O)c1ccc(Cl)s1. The van der Waals surface area contributed by atoms with Gasteiger partial charge >= 0.3 is 0 Å². The van der Waals surface area contributed by atoms with E-state index in [-0.39, 0.29) is 11.3 Å². The molecular weight excluding hydrogens is 246 g/mol. The molecule has 90 valence electrons. The van der Waals surface area contributed by atoms with Crippen molar-refractivity contribution in [3.8, 4) is 0 Å². The second kappa shape index (κ2) is 5.66. The monoisotopic (exact) mass is 261 g/mol. The highest BCUT2D eigenvalue weighted by molar-refractivity contribution is 7.17. The van der Waals surface area contributed by atoms with Gasteiger partial charge in [-0.25, -0.2) is 0 Å². The van der Waals surface area contributed by atoms with Crippen molar-refractivity contribution in [2.45, 2.75) is 13.8 Å². The van der Waals surface area contributed by atoms with Gasteiger partial charge < -0.3 is 10.1 Å². The van der Waals surface area contributed by atoms with E-state index in [1.54, 1.807) is 19.2 Å². The van der Waals surface area contributed by atoms with E-state index in [0.29, 0.717) is 22.4 Å². The molecule has 1 aromatic rings. The van der Waals surface area contributed by atoms with Gasteiger partial charge in [0, 0.05) is 19.1 Å². The minimum atomic E-state index is -0.0823. The van der Waals surface area contributed by atoms with Gasteiger partial charge in [0.1, 0.15) is 0 Å². The highest BCUT2D eigenvalue weighted by Crippen LogP contribution is 2.21. The molecule has 0 bridgehead atoms. The maximum absolute atomic E-state index is 11.7. The van der Waals surface area contributed by atoms with Gasteiger partial charge in [-0.1, -0.05) is 25.4 Å². The fourth-order valence-corrected chi connectivity index (χ4v) is 2.24. The Labute approximate surface area is 105 Å². The number of ether oxygens (including phenoxy) is 1. The molecule has 0 aliphatic rings. The highest BCUT2D eigenvalue weighted by atomic mass is 35.5. The van der Waals surface area contributed by atoms with Crippen LogP contribution in [0.4, 0.5) is 0 Å². The minimum absolute atomic E-state index is 0.0640. The number of nitrogens with one attached hydrogen (secondary N) is 1. The number of rotatable bonds is 5. The molecule has 0 fully saturated rings. The molecule has 3 nitrogen and oxygen atoms in total. The molecule has 1 rings (SSSR count). The van der Waals surface area contributed by atoms with Gasteiger partial charge in [-0.05, 0) is 12.1 Å². The molecule has 0 unspecified atom stereocenters. The summed E-state index contributed by atoms with van der Waals surface area (Å²) in [5.41, 5.74) is -0.0640. The van der Waals surface area contributed by atoms with Crippen molar-refractivity contribution in [2.75, 3.05) is 20.3 Å². The number of carbonyl (C=O) groups excluding carboxylic acids is 1. The summed E-state index contributed by atoms with van der Waals surface area (Å²) >= 11 is 7.04. The Morgan fingerprint density at radius 3 is 2.75 bits per heavy atom. The van der Waals surface area contributed by atoms with Crippen LogP contribution in [0.3, 0.4) is 0 Å². The average molecular weight is 262 g/mol. The number of hydrogen-bond acceptors (Lipinski definition) is 3. The van der Waals surface area contributed by atoms with E-state index in [2.05, 4.69) is 5.32 Å². The molecule has 0 spiro atoms. The molecular formula is C11H16ClNO2S. The normalized spacial score (nSPS) is 11.5. The average Bonchev–Trinajstić information content (AvgIpc) is 2.61. The lowest BCUT2D eigenvalue weighted by Crippen LogP contribution is -2.36. The van der Waals surface area contributed by atoms with Gasteiger partial charge in [-0.15, -0.1) is 11.3 Å². The molecule has 0 saturated carbocycles. The molecule has 0 aromatic carbocycles. The van der Waals surface area contributed by atoms with Crippen LogP contribution in [-0.4, -0.2) is 26.2 Å². The number of carbonyl (C=O) groups is 1. The topological polar surface area (TPSA) is 38.3 Å². The van der Waals surface area contributed by atoms with Gasteiger partial charge in [0.25, 0.3) is 5.91 Å². The molecule has 16 heavy (non-hydrogen) atoms. The maximum Gasteiger partial charge on any atom is 0.261 e. The van der Waals surface area contributed by atoms with Crippen molar-refractivity contribution in [1.29, 1.82) is 0 Å². The Bertz CT molecular complexity index is 363. The third-order valence-electron chi connectivity index (χ3n) is 2.06. The first-order valence-electron chi connectivity index (χ1n) is 4.97. The largest absolute Gasteiger partial charge is 0.384 e. The number of halogens is 1. The van der Waals surface area contributed by atoms with Gasteiger partial charge in [0.2, 0.25) is 0 Å². The summed E-state index contributed by atoms with van der Waals surface area (Å²) in [6.45, 7) is 5.27. The lowest BCUT2D eigenvalue weighted by molar-refractivity contribution is 0.0850. The lowest BCUT2D eigenvalue weighted by Gasteiger charge is -2.23. The zero-order valence-corrected chi connectivity index (χ0v) is 11.2. The first-order valence-corrected chi connectivity index (χ1v) is 6.16. The molecule has 0 saturated heterocycles. The van der Waals surface area contributed by atoms with E-state index in [1.165, 1.54) is 11.3 Å². The van der Waals surface area contributed by atoms with Crippen LogP contribution >= 0.6 is 22.9 Å². The summed E-state index contributed by atoms with van der Waals surface area (Å²) < 4.78 is 5.71. The van der Waals surface area contributed by atoms with E-state index >= 15 is 0 Å². The van der Waals surface area contributed by atoms with E-state index < -0.39 is 0 Å². The zero-order valence-electron chi connectivity index (χ0n) is 9.67. The van der Waals surface area contributed by atoms with Gasteiger partial charge in [-0.3, -0.25) is 4.79 Å². The molecule has 0 radical (unpaired) electrons. The van der Waals surface area contributed by atoms with Crippen LogP contribution in [0.5, 0.6) is 0 Å². The van der Waals surface area contributed by atoms with Crippen molar-refractivity contribution < 1.29 is 9.53 Å². The van der Waals surface area contributed by atoms with Crippen molar-refractivity contribution >= 4 is 28.8 Å². The van der Waals surface area contributed by atoms with Crippen molar-refractivity contribution in [2.24, 2.45) is 5.41 Å². The Kier molecular flexibility index (Phi) is 4.77. The van der Waals surface area contributed by atoms with Crippen molar-refractivity contribution in [3.63, 3.8) is 0 Å². The second-order valence-electron chi connectivity index (χ2n) is 4.38. The van der Waals surface area contributed by atoms with Crippen molar-refractivity contribution in [3.05, 3.63) is 21.3 Å². The summed E-state index contributed by atoms with van der Waals surface area (Å²) in [6.07, 6.45) is 0. The molecule has 0 aliphatic carbocycles. The minimum Gasteiger partial charge on any atom is -0.384 e.